The van der Waals surface area contributed by atoms with Crippen LogP contribution in [0.15, 0.2) is 84.9 Å². The summed E-state index contributed by atoms with van der Waals surface area (Å²) in [5.41, 5.74) is 2.04. The number of rotatable bonds is 8. The van der Waals surface area contributed by atoms with Crippen LogP contribution in [0.25, 0.3) is 0 Å². The van der Waals surface area contributed by atoms with Crippen LogP contribution in [0.4, 0.5) is 5.69 Å². The Morgan fingerprint density at radius 3 is 2.06 bits per heavy atom. The third-order valence-electron chi connectivity index (χ3n) is 4.98. The highest BCUT2D eigenvalue weighted by molar-refractivity contribution is 7.88. The minimum absolute atomic E-state index is 0.283. The predicted molar refractivity (Wildman–Crippen MR) is 124 cm³/mol. The Balaban J connectivity index is 1.83. The van der Waals surface area contributed by atoms with Crippen molar-refractivity contribution in [3.05, 3.63) is 102 Å². The number of hydrogen-bond donors (Lipinski definition) is 2. The van der Waals surface area contributed by atoms with Crippen LogP contribution in [-0.2, 0) is 21.4 Å². The number of carbonyl (C=O) groups excluding carboxylic acids is 2. The first-order chi connectivity index (χ1) is 15.3. The molecule has 8 heteroatoms. The van der Waals surface area contributed by atoms with Crippen molar-refractivity contribution < 1.29 is 18.0 Å². The summed E-state index contributed by atoms with van der Waals surface area (Å²) in [4.78, 5) is 26.0. The van der Waals surface area contributed by atoms with E-state index in [1.165, 1.54) is 7.05 Å². The Kier molecular flexibility index (Phi) is 7.40. The molecule has 2 amide bonds. The van der Waals surface area contributed by atoms with E-state index in [1.807, 2.05) is 30.3 Å². The first-order valence-electron chi connectivity index (χ1n) is 9.97. The number of amides is 2. The summed E-state index contributed by atoms with van der Waals surface area (Å²) in [6.45, 7) is 0.339. The maximum Gasteiger partial charge on any atom is 0.253 e. The minimum atomic E-state index is -3.66. The molecular formula is C24H25N3O4S. The van der Waals surface area contributed by atoms with Crippen LogP contribution < -0.4 is 10.6 Å². The summed E-state index contributed by atoms with van der Waals surface area (Å²) in [5.74, 6) is -0.912. The van der Waals surface area contributed by atoms with E-state index in [2.05, 4.69) is 10.6 Å². The van der Waals surface area contributed by atoms with Gasteiger partial charge in [-0.1, -0.05) is 72.8 Å². The molecule has 0 spiro atoms. The van der Waals surface area contributed by atoms with Gasteiger partial charge >= 0.3 is 0 Å². The molecule has 0 bridgehead atoms. The summed E-state index contributed by atoms with van der Waals surface area (Å²) in [6, 6.07) is 23.6. The normalized spacial score (nSPS) is 12.2. The molecule has 3 aromatic carbocycles. The van der Waals surface area contributed by atoms with E-state index in [4.69, 9.17) is 0 Å². The van der Waals surface area contributed by atoms with Gasteiger partial charge in [0.25, 0.3) is 5.91 Å². The summed E-state index contributed by atoms with van der Waals surface area (Å²) in [5, 5.41) is 5.58. The Morgan fingerprint density at radius 1 is 0.875 bits per heavy atom. The number of para-hydroxylation sites is 1. The van der Waals surface area contributed by atoms with E-state index < -0.39 is 22.0 Å². The number of likely N-dealkylation sites (N-methyl/N-ethyl adjacent to an activating group) is 1. The van der Waals surface area contributed by atoms with Gasteiger partial charge in [0.15, 0.2) is 0 Å². The molecule has 0 aromatic heterocycles. The molecule has 2 N–H and O–H groups in total. The standard InChI is InChI=1S/C24H25N3O4S/c1-27(32(2,30)31)22(19-13-7-4-8-14-19)24(29)26-21-16-10-9-15-20(21)23(28)25-17-18-11-5-3-6-12-18/h3-16,22H,17H2,1-2H3,(H,25,28)(H,26,29). The highest BCUT2D eigenvalue weighted by atomic mass is 32.2. The summed E-state index contributed by atoms with van der Waals surface area (Å²) in [7, 11) is -2.31. The molecule has 0 fully saturated rings. The molecule has 0 heterocycles. The topological polar surface area (TPSA) is 95.6 Å². The number of sulfonamides is 1. The molecule has 1 atom stereocenters. The van der Waals surface area contributed by atoms with Crippen LogP contribution in [-0.4, -0.2) is 37.8 Å². The van der Waals surface area contributed by atoms with Crippen molar-refractivity contribution >= 4 is 27.5 Å². The van der Waals surface area contributed by atoms with Crippen LogP contribution in [0.2, 0.25) is 0 Å². The zero-order valence-electron chi connectivity index (χ0n) is 17.9. The van der Waals surface area contributed by atoms with Crippen molar-refractivity contribution in [1.82, 2.24) is 9.62 Å². The van der Waals surface area contributed by atoms with E-state index >= 15 is 0 Å². The van der Waals surface area contributed by atoms with E-state index in [0.717, 1.165) is 16.1 Å². The molecule has 0 aliphatic rings. The molecule has 7 nitrogen and oxygen atoms in total. The van der Waals surface area contributed by atoms with Gasteiger partial charge in [-0.05, 0) is 23.3 Å². The zero-order chi connectivity index (χ0) is 23.1. The smallest absolute Gasteiger partial charge is 0.253 e. The van der Waals surface area contributed by atoms with Gasteiger partial charge in [0.2, 0.25) is 15.9 Å². The molecule has 0 aliphatic heterocycles. The molecule has 0 saturated carbocycles. The maximum absolute atomic E-state index is 13.2. The second kappa shape index (κ2) is 10.2. The number of anilines is 1. The number of benzene rings is 3. The zero-order valence-corrected chi connectivity index (χ0v) is 18.7. The molecule has 0 aliphatic carbocycles. The van der Waals surface area contributed by atoms with Gasteiger partial charge in [0, 0.05) is 13.6 Å². The first-order valence-corrected chi connectivity index (χ1v) is 11.8. The summed E-state index contributed by atoms with van der Waals surface area (Å²) < 4.78 is 25.4. The number of carbonyl (C=O) groups is 2. The molecule has 0 saturated heterocycles. The van der Waals surface area contributed by atoms with Gasteiger partial charge in [0.05, 0.1) is 17.5 Å². The lowest BCUT2D eigenvalue weighted by Gasteiger charge is -2.26. The average molecular weight is 452 g/mol. The largest absolute Gasteiger partial charge is 0.348 e. The quantitative estimate of drug-likeness (QED) is 0.550. The molecule has 32 heavy (non-hydrogen) atoms. The van der Waals surface area contributed by atoms with Gasteiger partial charge in [-0.25, -0.2) is 8.42 Å². The maximum atomic E-state index is 13.2. The van der Waals surface area contributed by atoms with Gasteiger partial charge < -0.3 is 10.6 Å². The van der Waals surface area contributed by atoms with Gasteiger partial charge in [-0.2, -0.15) is 4.31 Å². The van der Waals surface area contributed by atoms with E-state index in [9.17, 15) is 18.0 Å². The van der Waals surface area contributed by atoms with Crippen LogP contribution >= 0.6 is 0 Å². The van der Waals surface area contributed by atoms with E-state index in [1.54, 1.807) is 54.6 Å². The van der Waals surface area contributed by atoms with E-state index in [-0.39, 0.29) is 11.5 Å². The fraction of sp³-hybridized carbons (Fsp3) is 0.167. The highest BCUT2D eigenvalue weighted by Crippen LogP contribution is 2.25. The Hall–Kier alpha value is -3.49. The Morgan fingerprint density at radius 2 is 1.44 bits per heavy atom. The SMILES string of the molecule is CN(C(C(=O)Nc1ccccc1C(=O)NCc1ccccc1)c1ccccc1)S(C)(=O)=O. The molecule has 3 aromatic rings. The van der Waals surface area contributed by atoms with Crippen molar-refractivity contribution in [3.63, 3.8) is 0 Å². The highest BCUT2D eigenvalue weighted by Gasteiger charge is 2.31. The van der Waals surface area contributed by atoms with Crippen LogP contribution in [0.5, 0.6) is 0 Å². The van der Waals surface area contributed by atoms with Crippen LogP contribution in [0.3, 0.4) is 0 Å². The number of hydrogen-bond acceptors (Lipinski definition) is 4. The summed E-state index contributed by atoms with van der Waals surface area (Å²) in [6.07, 6.45) is 1.04. The van der Waals surface area contributed by atoms with Crippen molar-refractivity contribution in [3.8, 4) is 0 Å². The third-order valence-corrected chi connectivity index (χ3v) is 6.23. The minimum Gasteiger partial charge on any atom is -0.348 e. The first kappa shape index (κ1) is 23.2. The van der Waals surface area contributed by atoms with Gasteiger partial charge in [-0.15, -0.1) is 0 Å². The van der Waals surface area contributed by atoms with Crippen molar-refractivity contribution in [2.45, 2.75) is 12.6 Å². The van der Waals surface area contributed by atoms with Crippen molar-refractivity contribution in [2.24, 2.45) is 0 Å². The molecule has 166 valence electrons. The second-order valence-electron chi connectivity index (χ2n) is 7.30. The van der Waals surface area contributed by atoms with Crippen LogP contribution in [0, 0.1) is 0 Å². The van der Waals surface area contributed by atoms with Crippen molar-refractivity contribution in [2.75, 3.05) is 18.6 Å². The average Bonchev–Trinajstić information content (AvgIpc) is 2.79. The van der Waals surface area contributed by atoms with Crippen molar-refractivity contribution in [1.29, 1.82) is 0 Å². The molecule has 1 unspecified atom stereocenters. The monoisotopic (exact) mass is 451 g/mol. The lowest BCUT2D eigenvalue weighted by Crippen LogP contribution is -2.38. The predicted octanol–water partition coefficient (Wildman–Crippen LogP) is 3.19. The Bertz CT molecular complexity index is 1180. The lowest BCUT2D eigenvalue weighted by molar-refractivity contribution is -0.119. The number of nitrogens with zero attached hydrogens (tertiary/aromatic N) is 1. The van der Waals surface area contributed by atoms with Gasteiger partial charge in [-0.3, -0.25) is 9.59 Å². The summed E-state index contributed by atoms with van der Waals surface area (Å²) >= 11 is 0. The Labute approximate surface area is 188 Å². The van der Waals surface area contributed by atoms with Crippen LogP contribution in [0.1, 0.15) is 27.5 Å². The molecular weight excluding hydrogens is 426 g/mol. The number of nitrogens with one attached hydrogen (secondary N) is 2. The second-order valence-corrected chi connectivity index (χ2v) is 9.34. The fourth-order valence-electron chi connectivity index (χ4n) is 3.22. The third kappa shape index (κ3) is 5.81. The van der Waals surface area contributed by atoms with E-state index in [0.29, 0.717) is 17.8 Å². The molecule has 3 rings (SSSR count). The fourth-order valence-corrected chi connectivity index (χ4v) is 3.82. The lowest BCUT2D eigenvalue weighted by atomic mass is 10.1. The molecule has 0 radical (unpaired) electrons. The van der Waals surface area contributed by atoms with Gasteiger partial charge in [0.1, 0.15) is 6.04 Å².